The van der Waals surface area contributed by atoms with Gasteiger partial charge in [-0.05, 0) is 25.6 Å². The lowest BCUT2D eigenvalue weighted by molar-refractivity contribution is -0.132. The molecule has 0 saturated carbocycles. The predicted molar refractivity (Wildman–Crippen MR) is 64.4 cm³/mol. The molecule has 0 aliphatic carbocycles. The van der Waals surface area contributed by atoms with E-state index >= 15 is 0 Å². The first-order valence-corrected chi connectivity index (χ1v) is 6.03. The molecule has 0 aromatic heterocycles. The first-order chi connectivity index (χ1) is 7.31. The summed E-state index contributed by atoms with van der Waals surface area (Å²) in [5, 5.41) is 3.17. The van der Waals surface area contributed by atoms with Crippen LogP contribution in [-0.2, 0) is 4.79 Å². The van der Waals surface area contributed by atoms with Gasteiger partial charge in [-0.15, -0.1) is 12.4 Å². The number of nitrogens with one attached hydrogen (secondary N) is 1. The molecular formula is C9H16ClF3N2OS. The Bertz CT molecular complexity index is 265. The molecule has 1 amide bonds. The molecule has 0 bridgehead atoms. The van der Waals surface area contributed by atoms with Crippen LogP contribution in [0.3, 0.4) is 0 Å². The van der Waals surface area contributed by atoms with Crippen LogP contribution in [-0.4, -0.2) is 47.2 Å². The molecule has 2 atom stereocenters. The van der Waals surface area contributed by atoms with Crippen molar-refractivity contribution < 1.29 is 18.0 Å². The molecule has 1 heterocycles. The van der Waals surface area contributed by atoms with Crippen molar-refractivity contribution in [2.45, 2.75) is 31.4 Å². The smallest absolute Gasteiger partial charge is 0.336 e. The SMILES string of the molecule is CC1NCCN(C(=O)CSC(F)(F)F)C1C.Cl. The minimum atomic E-state index is -4.33. The summed E-state index contributed by atoms with van der Waals surface area (Å²) in [7, 11) is 0. The second-order valence-corrected chi connectivity index (χ2v) is 4.85. The van der Waals surface area contributed by atoms with E-state index in [1.54, 1.807) is 0 Å². The summed E-state index contributed by atoms with van der Waals surface area (Å²) >= 11 is -0.273. The zero-order valence-electron chi connectivity index (χ0n) is 9.58. The quantitative estimate of drug-likeness (QED) is 0.843. The highest BCUT2D eigenvalue weighted by Gasteiger charge is 2.33. The van der Waals surface area contributed by atoms with Gasteiger partial charge in [-0.25, -0.2) is 0 Å². The number of hydrogen-bond donors (Lipinski definition) is 1. The first kappa shape index (κ1) is 16.9. The number of carbonyl (C=O) groups is 1. The Morgan fingerprint density at radius 1 is 1.47 bits per heavy atom. The maximum absolute atomic E-state index is 11.9. The zero-order chi connectivity index (χ0) is 12.3. The van der Waals surface area contributed by atoms with Gasteiger partial charge in [0.2, 0.25) is 5.91 Å². The van der Waals surface area contributed by atoms with E-state index in [0.717, 1.165) is 0 Å². The van der Waals surface area contributed by atoms with Crippen molar-refractivity contribution in [3.63, 3.8) is 0 Å². The monoisotopic (exact) mass is 292 g/mol. The van der Waals surface area contributed by atoms with E-state index in [-0.39, 0.29) is 36.3 Å². The standard InChI is InChI=1S/C9H15F3N2OS.ClH/c1-6-7(2)14(4-3-13-6)8(15)5-16-9(10,11)12;/h6-7,13H,3-5H2,1-2H3;1H. The molecule has 0 aromatic rings. The van der Waals surface area contributed by atoms with Crippen LogP contribution in [0.5, 0.6) is 0 Å². The Labute approximate surface area is 109 Å². The van der Waals surface area contributed by atoms with Gasteiger partial charge in [0.25, 0.3) is 0 Å². The highest BCUT2D eigenvalue weighted by molar-refractivity contribution is 8.00. The molecule has 1 saturated heterocycles. The fraction of sp³-hybridized carbons (Fsp3) is 0.889. The number of nitrogens with zero attached hydrogens (tertiary/aromatic N) is 1. The van der Waals surface area contributed by atoms with Crippen molar-refractivity contribution in [1.82, 2.24) is 10.2 Å². The van der Waals surface area contributed by atoms with E-state index in [1.807, 2.05) is 13.8 Å². The average Bonchev–Trinajstić information content (AvgIpc) is 2.17. The van der Waals surface area contributed by atoms with Gasteiger partial charge in [0.05, 0.1) is 5.75 Å². The summed E-state index contributed by atoms with van der Waals surface area (Å²) in [5.74, 6) is -0.969. The average molecular weight is 293 g/mol. The number of halogens is 4. The van der Waals surface area contributed by atoms with E-state index in [4.69, 9.17) is 0 Å². The van der Waals surface area contributed by atoms with Crippen molar-refractivity contribution in [3.8, 4) is 0 Å². The van der Waals surface area contributed by atoms with Gasteiger partial charge in [-0.2, -0.15) is 13.2 Å². The molecule has 1 N–H and O–H groups in total. The van der Waals surface area contributed by atoms with Crippen LogP contribution in [0.2, 0.25) is 0 Å². The Morgan fingerprint density at radius 2 is 2.06 bits per heavy atom. The Hall–Kier alpha value is -0.140. The summed E-state index contributed by atoms with van der Waals surface area (Å²) in [4.78, 5) is 13.1. The molecule has 1 aliphatic rings. The summed E-state index contributed by atoms with van der Waals surface area (Å²) in [6.07, 6.45) is 0. The molecule has 0 radical (unpaired) electrons. The normalized spacial score (nSPS) is 25.4. The molecule has 1 fully saturated rings. The second kappa shape index (κ2) is 6.70. The largest absolute Gasteiger partial charge is 0.442 e. The topological polar surface area (TPSA) is 32.3 Å². The molecule has 0 spiro atoms. The lowest BCUT2D eigenvalue weighted by Crippen LogP contribution is -2.57. The number of amides is 1. The van der Waals surface area contributed by atoms with Gasteiger partial charge < -0.3 is 10.2 Å². The zero-order valence-corrected chi connectivity index (χ0v) is 11.2. The van der Waals surface area contributed by atoms with Crippen LogP contribution < -0.4 is 5.32 Å². The Morgan fingerprint density at radius 3 is 2.59 bits per heavy atom. The van der Waals surface area contributed by atoms with Gasteiger partial charge in [0.1, 0.15) is 0 Å². The fourth-order valence-corrected chi connectivity index (χ4v) is 2.09. The van der Waals surface area contributed by atoms with Crippen LogP contribution in [0.15, 0.2) is 0 Å². The van der Waals surface area contributed by atoms with Crippen molar-refractivity contribution in [2.24, 2.45) is 0 Å². The van der Waals surface area contributed by atoms with Crippen molar-refractivity contribution in [2.75, 3.05) is 18.8 Å². The second-order valence-electron chi connectivity index (χ2n) is 3.80. The van der Waals surface area contributed by atoms with Crippen molar-refractivity contribution in [3.05, 3.63) is 0 Å². The Balaban J connectivity index is 0.00000256. The molecular weight excluding hydrogens is 277 g/mol. The summed E-state index contributed by atoms with van der Waals surface area (Å²) in [6, 6.07) is 0.0590. The third-order valence-corrected chi connectivity index (χ3v) is 3.43. The van der Waals surface area contributed by atoms with E-state index < -0.39 is 17.2 Å². The van der Waals surface area contributed by atoms with Crippen LogP contribution >= 0.6 is 24.2 Å². The van der Waals surface area contributed by atoms with E-state index in [2.05, 4.69) is 5.32 Å². The van der Waals surface area contributed by atoms with E-state index in [0.29, 0.717) is 13.1 Å². The lowest BCUT2D eigenvalue weighted by Gasteiger charge is -2.38. The summed E-state index contributed by atoms with van der Waals surface area (Å²) in [5.41, 5.74) is -4.33. The van der Waals surface area contributed by atoms with E-state index in [1.165, 1.54) is 4.90 Å². The Kier molecular flexibility index (Phi) is 6.65. The first-order valence-electron chi connectivity index (χ1n) is 5.05. The van der Waals surface area contributed by atoms with Gasteiger partial charge in [0.15, 0.2) is 0 Å². The fourth-order valence-electron chi connectivity index (χ4n) is 1.64. The molecule has 102 valence electrons. The number of piperazine rings is 1. The molecule has 8 heteroatoms. The van der Waals surface area contributed by atoms with Crippen LogP contribution in [0.4, 0.5) is 13.2 Å². The van der Waals surface area contributed by atoms with Crippen molar-refractivity contribution >= 4 is 30.1 Å². The molecule has 17 heavy (non-hydrogen) atoms. The molecule has 0 aromatic carbocycles. The summed E-state index contributed by atoms with van der Waals surface area (Å²) < 4.78 is 35.8. The van der Waals surface area contributed by atoms with E-state index in [9.17, 15) is 18.0 Å². The molecule has 1 aliphatic heterocycles. The van der Waals surface area contributed by atoms with Crippen LogP contribution in [0, 0.1) is 0 Å². The number of carbonyl (C=O) groups excluding carboxylic acids is 1. The van der Waals surface area contributed by atoms with Gasteiger partial charge in [0, 0.05) is 25.2 Å². The minimum Gasteiger partial charge on any atom is -0.336 e. The number of alkyl halides is 3. The van der Waals surface area contributed by atoms with Crippen LogP contribution in [0.1, 0.15) is 13.8 Å². The predicted octanol–water partition coefficient (Wildman–Crippen LogP) is 1.87. The number of rotatable bonds is 2. The van der Waals surface area contributed by atoms with Gasteiger partial charge in [-0.1, -0.05) is 0 Å². The lowest BCUT2D eigenvalue weighted by atomic mass is 10.1. The molecule has 2 unspecified atom stereocenters. The third-order valence-electron chi connectivity index (χ3n) is 2.71. The molecule has 3 nitrogen and oxygen atoms in total. The summed E-state index contributed by atoms with van der Waals surface area (Å²) in [6.45, 7) is 4.87. The number of thioether (sulfide) groups is 1. The highest BCUT2D eigenvalue weighted by Crippen LogP contribution is 2.30. The molecule has 1 rings (SSSR count). The third kappa shape index (κ3) is 5.35. The highest BCUT2D eigenvalue weighted by atomic mass is 35.5. The maximum atomic E-state index is 11.9. The maximum Gasteiger partial charge on any atom is 0.442 e. The van der Waals surface area contributed by atoms with Gasteiger partial charge in [-0.3, -0.25) is 4.79 Å². The minimum absolute atomic E-state index is 0. The number of hydrogen-bond acceptors (Lipinski definition) is 3. The van der Waals surface area contributed by atoms with Crippen molar-refractivity contribution in [1.29, 1.82) is 0 Å². The van der Waals surface area contributed by atoms with Gasteiger partial charge >= 0.3 is 5.51 Å². The van der Waals surface area contributed by atoms with Crippen LogP contribution in [0.25, 0.3) is 0 Å².